The third-order valence-corrected chi connectivity index (χ3v) is 6.83. The van der Waals surface area contributed by atoms with Gasteiger partial charge in [0.25, 0.3) is 0 Å². The Morgan fingerprint density at radius 1 is 1.00 bits per heavy atom. The predicted octanol–water partition coefficient (Wildman–Crippen LogP) is 2.84. The summed E-state index contributed by atoms with van der Waals surface area (Å²) in [7, 11) is 0. The molecule has 0 amide bonds. The molecule has 7 heteroatoms. The van der Waals surface area contributed by atoms with Crippen LogP contribution in [0.5, 0.6) is 0 Å². The first-order valence-electron chi connectivity index (χ1n) is 3.73. The van der Waals surface area contributed by atoms with Crippen LogP contribution < -0.4 is 0 Å². The third kappa shape index (κ3) is 2.55. The minimum atomic E-state index is -5.43. The Kier molecular flexibility index (Phi) is 3.03. The van der Waals surface area contributed by atoms with Crippen molar-refractivity contribution >= 4 is 14.3 Å². The zero-order valence-electron chi connectivity index (χ0n) is 6.78. The molecule has 1 aliphatic rings. The van der Waals surface area contributed by atoms with Crippen LogP contribution in [-0.2, 0) is 0 Å². The summed E-state index contributed by atoms with van der Waals surface area (Å²) in [6.45, 7) is 0. The maximum absolute atomic E-state index is 12.2. The van der Waals surface area contributed by atoms with Crippen LogP contribution in [0.15, 0.2) is 22.6 Å². The molecule has 80 valence electrons. The molecule has 1 aliphatic carbocycles. The van der Waals surface area contributed by atoms with Gasteiger partial charge in [0.2, 0.25) is 0 Å². The summed E-state index contributed by atoms with van der Waals surface area (Å²) in [4.78, 5) is 0. The van der Waals surface area contributed by atoms with Gasteiger partial charge < -0.3 is 0 Å². The summed E-state index contributed by atoms with van der Waals surface area (Å²) in [5, 5.41) is -10.2. The molecule has 0 nitrogen and oxygen atoms in total. The van der Waals surface area contributed by atoms with Gasteiger partial charge in [-0.15, -0.1) is 0 Å². The average Bonchev–Trinajstić information content (AvgIpc) is 2.31. The molecule has 0 saturated heterocycles. The Balaban J connectivity index is 3.00. The fraction of sp³-hybridized carbons (Fsp3) is 0.429. The summed E-state index contributed by atoms with van der Waals surface area (Å²) in [6.07, 6.45) is 3.45. The van der Waals surface area contributed by atoms with Crippen LogP contribution in [-0.4, -0.2) is 24.4 Å². The van der Waals surface area contributed by atoms with Gasteiger partial charge in [-0.05, 0) is 0 Å². The SMILES string of the molecule is F[C](F)(F)[GeH]([C]1=CCC=C1)[C](F)(F)F. The quantitative estimate of drug-likeness (QED) is 0.510. The van der Waals surface area contributed by atoms with E-state index in [2.05, 4.69) is 0 Å². The van der Waals surface area contributed by atoms with Crippen molar-refractivity contribution in [2.24, 2.45) is 0 Å². The molecule has 0 radical (unpaired) electrons. The van der Waals surface area contributed by atoms with Crippen molar-refractivity contribution in [1.82, 2.24) is 0 Å². The van der Waals surface area contributed by atoms with Gasteiger partial charge in [0.15, 0.2) is 0 Å². The second-order valence-corrected chi connectivity index (χ2v) is 8.82. The number of halogens is 6. The van der Waals surface area contributed by atoms with E-state index in [1.165, 1.54) is 6.08 Å². The van der Waals surface area contributed by atoms with Gasteiger partial charge in [-0.1, -0.05) is 0 Å². The first-order valence-corrected chi connectivity index (χ1v) is 7.36. The van der Waals surface area contributed by atoms with Gasteiger partial charge in [-0.2, -0.15) is 0 Å². The Labute approximate surface area is 80.4 Å². The standard InChI is InChI=1S/C7H6F6Ge/c8-6(9,10)14(7(11,12)13)5-3-1-2-4-5/h1,3-4,14H,2H2. The van der Waals surface area contributed by atoms with Gasteiger partial charge in [0, 0.05) is 0 Å². The van der Waals surface area contributed by atoms with Crippen molar-refractivity contribution in [3.8, 4) is 0 Å². The van der Waals surface area contributed by atoms with E-state index in [0.717, 1.165) is 12.2 Å². The molecule has 0 spiro atoms. The van der Waals surface area contributed by atoms with Crippen LogP contribution in [0, 0.1) is 0 Å². The zero-order valence-corrected chi connectivity index (χ0v) is 9.21. The third-order valence-electron chi connectivity index (χ3n) is 1.79. The van der Waals surface area contributed by atoms with Gasteiger partial charge >= 0.3 is 79.8 Å². The van der Waals surface area contributed by atoms with E-state index >= 15 is 0 Å². The summed E-state index contributed by atoms with van der Waals surface area (Å²) < 4.78 is 72.4. The van der Waals surface area contributed by atoms with E-state index in [0.29, 0.717) is 0 Å². The molecule has 0 aliphatic heterocycles. The Bertz CT molecular complexity index is 257. The summed E-state index contributed by atoms with van der Waals surface area (Å²) in [5.41, 5.74) is 0. The summed E-state index contributed by atoms with van der Waals surface area (Å²) in [5.74, 6) is 0. The Morgan fingerprint density at radius 2 is 1.50 bits per heavy atom. The van der Waals surface area contributed by atoms with Crippen LogP contribution in [0.3, 0.4) is 0 Å². The molecule has 0 bridgehead atoms. The molecule has 0 heterocycles. The first-order chi connectivity index (χ1) is 6.23. The van der Waals surface area contributed by atoms with E-state index < -0.39 is 28.8 Å². The maximum atomic E-state index is 12.2. The Hall–Kier alpha value is -0.397. The van der Waals surface area contributed by atoms with Gasteiger partial charge in [-0.25, -0.2) is 0 Å². The second-order valence-electron chi connectivity index (χ2n) is 2.86. The van der Waals surface area contributed by atoms with Crippen molar-refractivity contribution < 1.29 is 26.3 Å². The molecule has 0 fully saturated rings. The van der Waals surface area contributed by atoms with Crippen molar-refractivity contribution in [1.29, 1.82) is 0 Å². The normalized spacial score (nSPS) is 17.8. The van der Waals surface area contributed by atoms with E-state index in [1.807, 2.05) is 0 Å². The van der Waals surface area contributed by atoms with Crippen LogP contribution >= 0.6 is 0 Å². The first kappa shape index (κ1) is 11.7. The predicted molar refractivity (Wildman–Crippen MR) is 41.1 cm³/mol. The number of allylic oxidation sites excluding steroid dienone is 4. The molecule has 0 saturated carbocycles. The van der Waals surface area contributed by atoms with Crippen LogP contribution in [0.4, 0.5) is 26.3 Å². The molecule has 0 N–H and O–H groups in total. The van der Waals surface area contributed by atoms with E-state index in [1.54, 1.807) is 0 Å². The molecule has 0 unspecified atom stereocenters. The molecule has 0 atom stereocenters. The molecule has 14 heavy (non-hydrogen) atoms. The van der Waals surface area contributed by atoms with Gasteiger partial charge in [0.05, 0.1) is 0 Å². The van der Waals surface area contributed by atoms with E-state index in [4.69, 9.17) is 0 Å². The van der Waals surface area contributed by atoms with E-state index in [-0.39, 0.29) is 6.42 Å². The Morgan fingerprint density at radius 3 is 1.79 bits per heavy atom. The number of hydrogen-bond acceptors (Lipinski definition) is 0. The summed E-state index contributed by atoms with van der Waals surface area (Å²) in [6, 6.07) is 0. The monoisotopic (exact) mass is 278 g/mol. The van der Waals surface area contributed by atoms with Crippen molar-refractivity contribution in [2.45, 2.75) is 16.4 Å². The topological polar surface area (TPSA) is 0 Å². The molecule has 0 aromatic heterocycles. The van der Waals surface area contributed by atoms with Crippen LogP contribution in [0.2, 0.25) is 0 Å². The van der Waals surface area contributed by atoms with Crippen LogP contribution in [0.1, 0.15) is 6.42 Å². The van der Waals surface area contributed by atoms with Crippen molar-refractivity contribution in [3.63, 3.8) is 0 Å². The van der Waals surface area contributed by atoms with Gasteiger partial charge in [-0.3, -0.25) is 0 Å². The van der Waals surface area contributed by atoms with Gasteiger partial charge in [0.1, 0.15) is 0 Å². The second kappa shape index (κ2) is 3.64. The van der Waals surface area contributed by atoms with Crippen LogP contribution in [0.25, 0.3) is 0 Å². The number of hydrogen-bond donors (Lipinski definition) is 0. The molecule has 1 rings (SSSR count). The molecule has 0 aromatic carbocycles. The van der Waals surface area contributed by atoms with Crippen molar-refractivity contribution in [3.05, 3.63) is 22.6 Å². The number of rotatable bonds is 1. The molecular weight excluding hydrogens is 271 g/mol. The fourth-order valence-corrected chi connectivity index (χ4v) is 5.09. The van der Waals surface area contributed by atoms with Crippen molar-refractivity contribution in [2.75, 3.05) is 0 Å². The number of alkyl halides is 6. The van der Waals surface area contributed by atoms with E-state index in [9.17, 15) is 26.3 Å². The molecule has 0 aromatic rings. The zero-order chi connectivity index (χ0) is 11.0. The molecular formula is C7H6F6Ge. The minimum absolute atomic E-state index is 0.170. The summed E-state index contributed by atoms with van der Waals surface area (Å²) >= 11 is -5.43. The fourth-order valence-electron chi connectivity index (χ4n) is 1.25. The average molecular weight is 277 g/mol.